The third kappa shape index (κ3) is 1.55. The van der Waals surface area contributed by atoms with Crippen molar-refractivity contribution in [3.63, 3.8) is 0 Å². The molecular formula is C7H8FNO3. The molecule has 5 heteroatoms. The first kappa shape index (κ1) is 8.58. The number of carboxylic acid groups (broad SMARTS) is 1. The number of hydrogen-bond donors (Lipinski definition) is 1. The first-order valence-corrected chi connectivity index (χ1v) is 3.26. The molecule has 0 fully saturated rings. The van der Waals surface area contributed by atoms with E-state index in [2.05, 4.69) is 0 Å². The molecule has 1 aliphatic heterocycles. The molecule has 0 aromatic rings. The molecule has 0 radical (unpaired) electrons. The second kappa shape index (κ2) is 3.25. The Balaban J connectivity index is 2.84. The predicted molar refractivity (Wildman–Crippen MR) is 39.0 cm³/mol. The smallest absolute Gasteiger partial charge is 0.414 e. The van der Waals surface area contributed by atoms with Gasteiger partial charge in [0.05, 0.1) is 13.7 Å². The van der Waals surface area contributed by atoms with E-state index in [9.17, 15) is 9.18 Å². The van der Waals surface area contributed by atoms with Gasteiger partial charge in [-0.3, -0.25) is 0 Å². The van der Waals surface area contributed by atoms with Crippen molar-refractivity contribution in [3.05, 3.63) is 23.9 Å². The number of ether oxygens (including phenoxy) is 1. The molecule has 0 saturated heterocycles. The van der Waals surface area contributed by atoms with Crippen LogP contribution in [0.1, 0.15) is 0 Å². The highest BCUT2D eigenvalue weighted by Gasteiger charge is 2.21. The minimum Gasteiger partial charge on any atom is -0.482 e. The minimum atomic E-state index is -1.23. The molecule has 12 heavy (non-hydrogen) atoms. The summed E-state index contributed by atoms with van der Waals surface area (Å²) >= 11 is 0. The average Bonchev–Trinajstić information content (AvgIpc) is 2.04. The zero-order valence-corrected chi connectivity index (χ0v) is 6.45. The molecule has 0 spiro atoms. The molecule has 1 aliphatic rings. The number of nitrogens with zero attached hydrogens (tertiary/aromatic N) is 1. The van der Waals surface area contributed by atoms with Crippen LogP contribution in [0.15, 0.2) is 23.9 Å². The largest absolute Gasteiger partial charge is 0.482 e. The van der Waals surface area contributed by atoms with Crippen LogP contribution in [0, 0.1) is 0 Å². The summed E-state index contributed by atoms with van der Waals surface area (Å²) in [6.45, 7) is -0.283. The van der Waals surface area contributed by atoms with E-state index >= 15 is 0 Å². The molecule has 1 heterocycles. The lowest BCUT2D eigenvalue weighted by molar-refractivity contribution is 0.117. The molecule has 1 N–H and O–H groups in total. The highest BCUT2D eigenvalue weighted by molar-refractivity contribution is 5.68. The van der Waals surface area contributed by atoms with Gasteiger partial charge in [-0.1, -0.05) is 0 Å². The molecule has 66 valence electrons. The summed E-state index contributed by atoms with van der Waals surface area (Å²) in [4.78, 5) is 11.3. The fourth-order valence-corrected chi connectivity index (χ4v) is 0.873. The number of hydrogen-bond acceptors (Lipinski definition) is 2. The maximum atomic E-state index is 12.6. The predicted octanol–water partition coefficient (Wildman–Crippen LogP) is 1.32. The van der Waals surface area contributed by atoms with Crippen LogP contribution >= 0.6 is 0 Å². The normalized spacial score (nSPS) is 16.7. The van der Waals surface area contributed by atoms with Gasteiger partial charge < -0.3 is 9.84 Å². The summed E-state index contributed by atoms with van der Waals surface area (Å²) in [5, 5.41) is 8.57. The van der Waals surface area contributed by atoms with Crippen LogP contribution in [0.5, 0.6) is 0 Å². The van der Waals surface area contributed by atoms with E-state index in [1.807, 2.05) is 0 Å². The zero-order chi connectivity index (χ0) is 9.14. The van der Waals surface area contributed by atoms with Crippen LogP contribution in [0.3, 0.4) is 0 Å². The zero-order valence-electron chi connectivity index (χ0n) is 6.45. The fraction of sp³-hybridized carbons (Fsp3) is 0.286. The van der Waals surface area contributed by atoms with Crippen LogP contribution in [0.2, 0.25) is 0 Å². The molecule has 0 aromatic heterocycles. The van der Waals surface area contributed by atoms with E-state index in [-0.39, 0.29) is 12.4 Å². The minimum absolute atomic E-state index is 0.129. The highest BCUT2D eigenvalue weighted by Crippen LogP contribution is 2.15. The molecule has 0 aliphatic carbocycles. The van der Waals surface area contributed by atoms with Gasteiger partial charge in [-0.05, 0) is 6.08 Å². The summed E-state index contributed by atoms with van der Waals surface area (Å²) in [6.07, 6.45) is 1.22. The Labute approximate surface area is 68.5 Å². The Morgan fingerprint density at radius 1 is 1.75 bits per heavy atom. The molecule has 0 bridgehead atoms. The maximum Gasteiger partial charge on any atom is 0.414 e. The summed E-state index contributed by atoms with van der Waals surface area (Å²) in [5.41, 5.74) is 0. The van der Waals surface area contributed by atoms with Gasteiger partial charge in [0.2, 0.25) is 0 Å². The monoisotopic (exact) mass is 173 g/mol. The quantitative estimate of drug-likeness (QED) is 0.650. The number of amides is 1. The van der Waals surface area contributed by atoms with Crippen LogP contribution in [-0.2, 0) is 4.74 Å². The Hall–Kier alpha value is -1.52. The van der Waals surface area contributed by atoms with Crippen LogP contribution in [0.25, 0.3) is 0 Å². The molecule has 0 aromatic carbocycles. The molecule has 1 rings (SSSR count). The first-order valence-electron chi connectivity index (χ1n) is 3.26. The maximum absolute atomic E-state index is 12.6. The summed E-state index contributed by atoms with van der Waals surface area (Å²) in [5.74, 6) is -0.373. The van der Waals surface area contributed by atoms with Gasteiger partial charge in [0.1, 0.15) is 5.83 Å². The second-order valence-corrected chi connectivity index (χ2v) is 2.19. The number of rotatable bonds is 1. The molecule has 0 unspecified atom stereocenters. The fourth-order valence-electron chi connectivity index (χ4n) is 0.873. The van der Waals surface area contributed by atoms with E-state index < -0.39 is 11.9 Å². The lowest BCUT2D eigenvalue weighted by Gasteiger charge is -2.22. The van der Waals surface area contributed by atoms with Crippen molar-refractivity contribution in [3.8, 4) is 0 Å². The SMILES string of the molecule is COC1=CC=C(F)CN1C(=O)O. The molecule has 0 atom stereocenters. The first-order chi connectivity index (χ1) is 5.65. The lowest BCUT2D eigenvalue weighted by Crippen LogP contribution is -2.32. The Morgan fingerprint density at radius 2 is 2.42 bits per heavy atom. The van der Waals surface area contributed by atoms with Gasteiger partial charge in [-0.2, -0.15) is 0 Å². The molecule has 4 nitrogen and oxygen atoms in total. The number of carbonyl (C=O) groups is 1. The van der Waals surface area contributed by atoms with E-state index in [1.165, 1.54) is 19.3 Å². The highest BCUT2D eigenvalue weighted by atomic mass is 19.1. The van der Waals surface area contributed by atoms with Crippen LogP contribution in [-0.4, -0.2) is 29.8 Å². The van der Waals surface area contributed by atoms with Gasteiger partial charge in [-0.15, -0.1) is 0 Å². The van der Waals surface area contributed by atoms with E-state index in [0.29, 0.717) is 0 Å². The Kier molecular flexibility index (Phi) is 2.32. The van der Waals surface area contributed by atoms with E-state index in [0.717, 1.165) is 4.90 Å². The molecular weight excluding hydrogens is 165 g/mol. The average molecular weight is 173 g/mol. The topological polar surface area (TPSA) is 49.8 Å². The van der Waals surface area contributed by atoms with Gasteiger partial charge in [0.25, 0.3) is 0 Å². The lowest BCUT2D eigenvalue weighted by atomic mass is 10.3. The summed E-state index contributed by atoms with van der Waals surface area (Å²) in [6, 6.07) is 0. The van der Waals surface area contributed by atoms with Gasteiger partial charge in [0.15, 0.2) is 5.88 Å². The Morgan fingerprint density at radius 3 is 2.92 bits per heavy atom. The van der Waals surface area contributed by atoms with Crippen molar-refractivity contribution in [1.29, 1.82) is 0 Å². The number of halogens is 1. The van der Waals surface area contributed by atoms with Crippen molar-refractivity contribution >= 4 is 6.09 Å². The van der Waals surface area contributed by atoms with Gasteiger partial charge in [-0.25, -0.2) is 14.1 Å². The number of methoxy groups -OCH3 is 1. The van der Waals surface area contributed by atoms with Crippen molar-refractivity contribution < 1.29 is 19.0 Å². The van der Waals surface area contributed by atoms with Gasteiger partial charge in [0, 0.05) is 6.08 Å². The third-order valence-corrected chi connectivity index (χ3v) is 1.42. The Bertz CT molecular complexity index is 259. The van der Waals surface area contributed by atoms with Gasteiger partial charge >= 0.3 is 6.09 Å². The molecule has 0 saturated carbocycles. The summed E-state index contributed by atoms with van der Waals surface area (Å²) in [7, 11) is 1.33. The van der Waals surface area contributed by atoms with Crippen molar-refractivity contribution in [1.82, 2.24) is 4.90 Å². The van der Waals surface area contributed by atoms with Crippen molar-refractivity contribution in [2.75, 3.05) is 13.7 Å². The van der Waals surface area contributed by atoms with Crippen LogP contribution < -0.4 is 0 Å². The second-order valence-electron chi connectivity index (χ2n) is 2.19. The summed E-state index contributed by atoms with van der Waals surface area (Å²) < 4.78 is 17.3. The molecule has 1 amide bonds. The van der Waals surface area contributed by atoms with Crippen LogP contribution in [0.4, 0.5) is 9.18 Å². The van der Waals surface area contributed by atoms with E-state index in [1.54, 1.807) is 0 Å². The van der Waals surface area contributed by atoms with E-state index in [4.69, 9.17) is 9.84 Å². The van der Waals surface area contributed by atoms with Crippen molar-refractivity contribution in [2.45, 2.75) is 0 Å². The van der Waals surface area contributed by atoms with Crippen molar-refractivity contribution in [2.24, 2.45) is 0 Å². The third-order valence-electron chi connectivity index (χ3n) is 1.42. The number of allylic oxidation sites excluding steroid dienone is 2. The standard InChI is InChI=1S/C7H8FNO3/c1-12-6-3-2-5(8)4-9(6)7(10)11/h2-3H,4H2,1H3,(H,10,11).